The number of ether oxygens (including phenoxy) is 1. The lowest BCUT2D eigenvalue weighted by atomic mass is 9.99. The molecule has 0 aliphatic heterocycles. The minimum Gasteiger partial charge on any atom is -0.496 e. The van der Waals surface area contributed by atoms with Gasteiger partial charge in [-0.2, -0.15) is 0 Å². The van der Waals surface area contributed by atoms with Crippen LogP contribution in [0, 0.1) is 6.92 Å². The largest absolute Gasteiger partial charge is 0.496 e. The molecule has 0 spiro atoms. The zero-order valence-corrected chi connectivity index (χ0v) is 20.1. The van der Waals surface area contributed by atoms with Crippen molar-refractivity contribution in [2.75, 3.05) is 19.0 Å². The van der Waals surface area contributed by atoms with E-state index in [1.807, 2.05) is 37.3 Å². The maximum absolute atomic E-state index is 13.1. The monoisotopic (exact) mass is 495 g/mol. The van der Waals surface area contributed by atoms with Gasteiger partial charge in [-0.1, -0.05) is 41.1 Å². The Labute approximate surface area is 205 Å². The Morgan fingerprint density at radius 1 is 1.15 bits per heavy atom. The van der Waals surface area contributed by atoms with Crippen molar-refractivity contribution in [3.63, 3.8) is 0 Å². The van der Waals surface area contributed by atoms with Crippen molar-refractivity contribution < 1.29 is 14.6 Å². The molecule has 0 saturated heterocycles. The molecule has 0 saturated carbocycles. The number of nitrogens with one attached hydrogen (secondary N) is 1. The van der Waals surface area contributed by atoms with Gasteiger partial charge in [0, 0.05) is 47.2 Å². The fourth-order valence-corrected chi connectivity index (χ4v) is 4.41. The molecule has 0 aliphatic carbocycles. The van der Waals surface area contributed by atoms with Crippen molar-refractivity contribution in [2.45, 2.75) is 19.3 Å². The highest BCUT2D eigenvalue weighted by atomic mass is 35.5. The van der Waals surface area contributed by atoms with Crippen LogP contribution in [0.4, 0.5) is 5.13 Å². The molecule has 4 rings (SSSR count). The third-order valence-electron chi connectivity index (χ3n) is 5.18. The second kappa shape index (κ2) is 10.7. The number of benzene rings is 1. The summed E-state index contributed by atoms with van der Waals surface area (Å²) in [6, 6.07) is 12.9. The van der Waals surface area contributed by atoms with Gasteiger partial charge < -0.3 is 9.84 Å². The first-order valence-corrected chi connectivity index (χ1v) is 11.6. The number of anilines is 1. The molecule has 8 nitrogen and oxygen atoms in total. The lowest BCUT2D eigenvalue weighted by Crippen LogP contribution is -2.14. The number of pyridine rings is 2. The Kier molecular flexibility index (Phi) is 7.46. The van der Waals surface area contributed by atoms with Crippen LogP contribution in [0.25, 0.3) is 11.1 Å². The zero-order chi connectivity index (χ0) is 24.1. The second-order valence-corrected chi connectivity index (χ2v) is 9.01. The summed E-state index contributed by atoms with van der Waals surface area (Å²) in [5.74, 6) is 0.0487. The number of aryl methyl sites for hydroxylation is 1. The summed E-state index contributed by atoms with van der Waals surface area (Å²) < 4.78 is 5.48. The van der Waals surface area contributed by atoms with E-state index in [9.17, 15) is 9.90 Å². The van der Waals surface area contributed by atoms with Crippen molar-refractivity contribution in [3.8, 4) is 16.9 Å². The van der Waals surface area contributed by atoms with Crippen LogP contribution < -0.4 is 10.1 Å². The first-order valence-electron chi connectivity index (χ1n) is 10.4. The standard InChI is InChI=1S/C24H22ClN5O3S/c1-14-9-18(17-5-3-4-6-21(17)33-2)19(12-26-14)23(32)28-24-30-29-22(34-24)10-15(13-31)20-8-7-16(25)11-27-20/h3-9,11-12,15,31H,10,13H2,1-2H3,(H,28,30,32). The number of carbonyl (C=O) groups is 1. The van der Waals surface area contributed by atoms with E-state index in [-0.39, 0.29) is 18.4 Å². The highest BCUT2D eigenvalue weighted by Crippen LogP contribution is 2.33. The summed E-state index contributed by atoms with van der Waals surface area (Å²) >= 11 is 7.15. The average Bonchev–Trinajstić information content (AvgIpc) is 3.29. The number of nitrogens with zero attached hydrogens (tertiary/aromatic N) is 4. The van der Waals surface area contributed by atoms with Gasteiger partial charge in [0.25, 0.3) is 5.91 Å². The van der Waals surface area contributed by atoms with E-state index in [1.54, 1.807) is 31.6 Å². The Morgan fingerprint density at radius 2 is 1.97 bits per heavy atom. The van der Waals surface area contributed by atoms with Crippen LogP contribution in [0.5, 0.6) is 5.75 Å². The summed E-state index contributed by atoms with van der Waals surface area (Å²) in [4.78, 5) is 21.7. The topological polar surface area (TPSA) is 110 Å². The molecule has 0 radical (unpaired) electrons. The zero-order valence-electron chi connectivity index (χ0n) is 18.5. The quantitative estimate of drug-likeness (QED) is 0.369. The molecule has 1 atom stereocenters. The Morgan fingerprint density at radius 3 is 2.71 bits per heavy atom. The lowest BCUT2D eigenvalue weighted by Gasteiger charge is -2.13. The van der Waals surface area contributed by atoms with Gasteiger partial charge in [0.1, 0.15) is 10.8 Å². The molecule has 2 N–H and O–H groups in total. The molecule has 0 aliphatic rings. The van der Waals surface area contributed by atoms with Crippen molar-refractivity contribution in [1.82, 2.24) is 20.2 Å². The van der Waals surface area contributed by atoms with Crippen molar-refractivity contribution >= 4 is 34.0 Å². The number of amides is 1. The van der Waals surface area contributed by atoms with Crippen LogP contribution in [0.2, 0.25) is 5.02 Å². The average molecular weight is 496 g/mol. The van der Waals surface area contributed by atoms with Gasteiger partial charge >= 0.3 is 0 Å². The minimum atomic E-state index is -0.353. The fraction of sp³-hybridized carbons (Fsp3) is 0.208. The fourth-order valence-electron chi connectivity index (χ4n) is 3.48. The number of aliphatic hydroxyl groups is 1. The van der Waals surface area contributed by atoms with E-state index in [0.717, 1.165) is 11.3 Å². The Balaban J connectivity index is 1.54. The highest BCUT2D eigenvalue weighted by molar-refractivity contribution is 7.15. The minimum absolute atomic E-state index is 0.104. The predicted molar refractivity (Wildman–Crippen MR) is 132 cm³/mol. The second-order valence-electron chi connectivity index (χ2n) is 7.51. The van der Waals surface area contributed by atoms with E-state index in [0.29, 0.717) is 44.2 Å². The maximum atomic E-state index is 13.1. The first kappa shape index (κ1) is 23.7. The van der Waals surface area contributed by atoms with Crippen LogP contribution in [-0.4, -0.2) is 44.9 Å². The third kappa shape index (κ3) is 5.39. The molecule has 3 heterocycles. The molecule has 1 amide bonds. The molecule has 0 bridgehead atoms. The summed E-state index contributed by atoms with van der Waals surface area (Å²) in [5.41, 5.74) is 3.38. The third-order valence-corrected chi connectivity index (χ3v) is 6.26. The van der Waals surface area contributed by atoms with E-state index < -0.39 is 0 Å². The Hall–Kier alpha value is -3.40. The lowest BCUT2D eigenvalue weighted by molar-refractivity contribution is 0.102. The smallest absolute Gasteiger partial charge is 0.259 e. The SMILES string of the molecule is COc1ccccc1-c1cc(C)ncc1C(=O)Nc1nnc(CC(CO)c2ccc(Cl)cn2)s1. The molecule has 34 heavy (non-hydrogen) atoms. The van der Waals surface area contributed by atoms with Crippen LogP contribution in [0.15, 0.2) is 54.9 Å². The van der Waals surface area contributed by atoms with E-state index in [1.165, 1.54) is 11.3 Å². The summed E-state index contributed by atoms with van der Waals surface area (Å²) in [6.45, 7) is 1.76. The number of rotatable bonds is 8. The molecule has 4 aromatic rings. The number of aromatic nitrogens is 4. The van der Waals surface area contributed by atoms with Crippen LogP contribution in [0.1, 0.15) is 32.7 Å². The van der Waals surface area contributed by atoms with Gasteiger partial charge in [-0.15, -0.1) is 10.2 Å². The number of hydrogen-bond donors (Lipinski definition) is 2. The van der Waals surface area contributed by atoms with Crippen molar-refractivity contribution in [2.24, 2.45) is 0 Å². The van der Waals surface area contributed by atoms with Crippen molar-refractivity contribution in [1.29, 1.82) is 0 Å². The number of halogens is 1. The van der Waals surface area contributed by atoms with Gasteiger partial charge in [-0.05, 0) is 31.2 Å². The molecule has 1 unspecified atom stereocenters. The molecule has 10 heteroatoms. The number of methoxy groups -OCH3 is 1. The molecule has 0 fully saturated rings. The Bertz CT molecular complexity index is 1300. The van der Waals surface area contributed by atoms with E-state index in [2.05, 4.69) is 25.5 Å². The van der Waals surface area contributed by atoms with Gasteiger partial charge in [0.15, 0.2) is 0 Å². The van der Waals surface area contributed by atoms with Crippen LogP contribution >= 0.6 is 22.9 Å². The molecule has 1 aromatic carbocycles. The van der Waals surface area contributed by atoms with Gasteiger partial charge in [0.2, 0.25) is 5.13 Å². The number of para-hydroxylation sites is 1. The predicted octanol–water partition coefficient (Wildman–Crippen LogP) is 4.54. The maximum Gasteiger partial charge on any atom is 0.259 e. The summed E-state index contributed by atoms with van der Waals surface area (Å²) in [7, 11) is 1.59. The van der Waals surface area contributed by atoms with Crippen molar-refractivity contribution in [3.05, 3.63) is 81.8 Å². The highest BCUT2D eigenvalue weighted by Gasteiger charge is 2.20. The normalized spacial score (nSPS) is 11.8. The molecular weight excluding hydrogens is 474 g/mol. The van der Waals surface area contributed by atoms with Gasteiger partial charge in [-0.25, -0.2) is 0 Å². The number of aliphatic hydroxyl groups excluding tert-OH is 1. The molecule has 3 aromatic heterocycles. The number of hydrogen-bond acceptors (Lipinski definition) is 8. The number of carbonyl (C=O) groups excluding carboxylic acids is 1. The van der Waals surface area contributed by atoms with E-state index >= 15 is 0 Å². The van der Waals surface area contributed by atoms with Gasteiger partial charge in [0.05, 0.1) is 24.3 Å². The first-order chi connectivity index (χ1) is 16.5. The summed E-state index contributed by atoms with van der Waals surface area (Å²) in [5, 5.41) is 22.4. The molecule has 174 valence electrons. The van der Waals surface area contributed by atoms with Crippen LogP contribution in [0.3, 0.4) is 0 Å². The van der Waals surface area contributed by atoms with E-state index in [4.69, 9.17) is 16.3 Å². The van der Waals surface area contributed by atoms with Gasteiger partial charge in [-0.3, -0.25) is 20.1 Å². The summed E-state index contributed by atoms with van der Waals surface area (Å²) in [6.07, 6.45) is 3.51. The molecular formula is C24H22ClN5O3S. The van der Waals surface area contributed by atoms with Crippen LogP contribution in [-0.2, 0) is 6.42 Å².